The summed E-state index contributed by atoms with van der Waals surface area (Å²) in [5, 5.41) is 3.02. The van der Waals surface area contributed by atoms with E-state index in [1.165, 1.54) is 12.8 Å². The van der Waals surface area contributed by atoms with Gasteiger partial charge in [0.05, 0.1) is 0 Å². The lowest BCUT2D eigenvalue weighted by Crippen LogP contribution is -2.45. The van der Waals surface area contributed by atoms with E-state index in [0.29, 0.717) is 19.5 Å². The number of hydrogen-bond acceptors (Lipinski definition) is 3. The highest BCUT2D eigenvalue weighted by Crippen LogP contribution is 2.37. The van der Waals surface area contributed by atoms with Gasteiger partial charge in [0.2, 0.25) is 5.91 Å². The Labute approximate surface area is 161 Å². The van der Waals surface area contributed by atoms with E-state index >= 15 is 0 Å². The number of nitrogens with zero attached hydrogens (tertiary/aromatic N) is 3. The molecule has 6 nitrogen and oxygen atoms in total. The molecule has 3 aliphatic rings. The van der Waals surface area contributed by atoms with Crippen LogP contribution in [0.1, 0.15) is 26.2 Å². The van der Waals surface area contributed by atoms with Gasteiger partial charge in [-0.2, -0.15) is 0 Å². The second-order valence-corrected chi connectivity index (χ2v) is 8.48. The quantitative estimate of drug-likeness (QED) is 0.886. The summed E-state index contributed by atoms with van der Waals surface area (Å²) < 4.78 is 0. The van der Waals surface area contributed by atoms with Crippen LogP contribution in [0, 0.1) is 11.3 Å². The van der Waals surface area contributed by atoms with E-state index in [2.05, 4.69) is 10.2 Å². The number of carbonyl (C=O) groups is 2. The standard InChI is InChI=1S/C21H30N4O2/c1-2-24-15-21(12-19(24)26)14-23(13-17-8-9-17)10-11-25(16-21)20(27)22-18-6-4-3-5-7-18/h3-7,17H,2,8-16H2,1H3,(H,22,27)/t21-/m0/s1. The normalized spacial score (nSPS) is 26.5. The van der Waals surface area contributed by atoms with Gasteiger partial charge in [0.25, 0.3) is 0 Å². The number of urea groups is 1. The summed E-state index contributed by atoms with van der Waals surface area (Å²) in [4.78, 5) is 31.8. The minimum atomic E-state index is -0.146. The van der Waals surface area contributed by atoms with Crippen LogP contribution in [0.2, 0.25) is 0 Å². The van der Waals surface area contributed by atoms with Gasteiger partial charge in [-0.25, -0.2) is 4.79 Å². The van der Waals surface area contributed by atoms with Crippen molar-refractivity contribution in [2.75, 3.05) is 51.1 Å². The van der Waals surface area contributed by atoms with Gasteiger partial charge in [-0.1, -0.05) is 18.2 Å². The van der Waals surface area contributed by atoms with E-state index in [-0.39, 0.29) is 17.4 Å². The Hall–Kier alpha value is -2.08. The number of hydrogen-bond donors (Lipinski definition) is 1. The van der Waals surface area contributed by atoms with Crippen LogP contribution in [0.4, 0.5) is 10.5 Å². The lowest BCUT2D eigenvalue weighted by Gasteiger charge is -2.33. The Morgan fingerprint density at radius 2 is 1.93 bits per heavy atom. The summed E-state index contributed by atoms with van der Waals surface area (Å²) >= 11 is 0. The van der Waals surface area contributed by atoms with Crippen LogP contribution >= 0.6 is 0 Å². The van der Waals surface area contributed by atoms with Crippen molar-refractivity contribution in [1.29, 1.82) is 0 Å². The van der Waals surface area contributed by atoms with Gasteiger partial charge in [0.15, 0.2) is 0 Å². The molecule has 3 fully saturated rings. The van der Waals surface area contributed by atoms with E-state index in [1.54, 1.807) is 0 Å². The predicted molar refractivity (Wildman–Crippen MR) is 106 cm³/mol. The Morgan fingerprint density at radius 3 is 2.59 bits per heavy atom. The number of para-hydroxylation sites is 1. The zero-order chi connectivity index (χ0) is 18.9. The molecular weight excluding hydrogens is 340 g/mol. The molecule has 2 heterocycles. The molecular formula is C21H30N4O2. The number of nitrogens with one attached hydrogen (secondary N) is 1. The number of carbonyl (C=O) groups excluding carboxylic acids is 2. The molecule has 1 aromatic rings. The van der Waals surface area contributed by atoms with Crippen molar-refractivity contribution in [3.05, 3.63) is 30.3 Å². The molecule has 2 aliphatic heterocycles. The molecule has 0 radical (unpaired) electrons. The largest absolute Gasteiger partial charge is 0.342 e. The maximum absolute atomic E-state index is 12.9. The number of anilines is 1. The van der Waals surface area contributed by atoms with Gasteiger partial charge in [0, 0.05) is 63.3 Å². The maximum Gasteiger partial charge on any atom is 0.321 e. The maximum atomic E-state index is 12.9. The summed E-state index contributed by atoms with van der Waals surface area (Å²) in [5.41, 5.74) is 0.667. The molecule has 146 valence electrons. The van der Waals surface area contributed by atoms with Gasteiger partial charge in [-0.3, -0.25) is 4.79 Å². The van der Waals surface area contributed by atoms with Crippen LogP contribution in [-0.2, 0) is 4.79 Å². The van der Waals surface area contributed by atoms with Crippen molar-refractivity contribution in [2.45, 2.75) is 26.2 Å². The second-order valence-electron chi connectivity index (χ2n) is 8.48. The minimum absolute atomic E-state index is 0.0590. The first kappa shape index (κ1) is 18.3. The Morgan fingerprint density at radius 1 is 1.15 bits per heavy atom. The van der Waals surface area contributed by atoms with Crippen LogP contribution in [0.5, 0.6) is 0 Å². The molecule has 1 aliphatic carbocycles. The van der Waals surface area contributed by atoms with Gasteiger partial charge in [-0.05, 0) is 37.8 Å². The van der Waals surface area contributed by atoms with Crippen molar-refractivity contribution in [1.82, 2.24) is 14.7 Å². The van der Waals surface area contributed by atoms with Gasteiger partial charge in [0.1, 0.15) is 0 Å². The third-order valence-corrected chi connectivity index (χ3v) is 6.08. The van der Waals surface area contributed by atoms with Crippen molar-refractivity contribution in [3.63, 3.8) is 0 Å². The summed E-state index contributed by atoms with van der Waals surface area (Å²) in [6, 6.07) is 9.54. The number of benzene rings is 1. The fraction of sp³-hybridized carbons (Fsp3) is 0.619. The molecule has 1 saturated carbocycles. The van der Waals surface area contributed by atoms with Gasteiger partial charge in [-0.15, -0.1) is 0 Å². The third kappa shape index (κ3) is 4.26. The monoisotopic (exact) mass is 370 g/mol. The molecule has 1 spiro atoms. The molecule has 1 atom stereocenters. The van der Waals surface area contributed by atoms with Crippen LogP contribution in [0.25, 0.3) is 0 Å². The Bertz CT molecular complexity index is 691. The van der Waals surface area contributed by atoms with E-state index in [1.807, 2.05) is 47.1 Å². The minimum Gasteiger partial charge on any atom is -0.342 e. The zero-order valence-corrected chi connectivity index (χ0v) is 16.2. The summed E-state index contributed by atoms with van der Waals surface area (Å²) in [6.45, 7) is 7.83. The summed E-state index contributed by atoms with van der Waals surface area (Å²) in [7, 11) is 0. The molecule has 0 aromatic heterocycles. The highest BCUT2D eigenvalue weighted by Gasteiger charge is 2.47. The molecule has 3 amide bonds. The fourth-order valence-electron chi connectivity index (χ4n) is 4.55. The Kier molecular flexibility index (Phi) is 5.08. The number of amides is 3. The predicted octanol–water partition coefficient (Wildman–Crippen LogP) is 2.48. The smallest absolute Gasteiger partial charge is 0.321 e. The highest BCUT2D eigenvalue weighted by atomic mass is 16.2. The zero-order valence-electron chi connectivity index (χ0n) is 16.2. The van der Waals surface area contributed by atoms with Gasteiger partial charge < -0.3 is 20.0 Å². The molecule has 1 aromatic carbocycles. The first-order valence-electron chi connectivity index (χ1n) is 10.2. The second kappa shape index (κ2) is 7.50. The van der Waals surface area contributed by atoms with Crippen LogP contribution in [0.3, 0.4) is 0 Å². The SMILES string of the molecule is CCN1C[C@]2(CC1=O)CN(CC1CC1)CCN(C(=O)Nc1ccccc1)C2. The van der Waals surface area contributed by atoms with Gasteiger partial charge >= 0.3 is 6.03 Å². The molecule has 6 heteroatoms. The highest BCUT2D eigenvalue weighted by molar-refractivity contribution is 5.89. The lowest BCUT2D eigenvalue weighted by molar-refractivity contribution is -0.127. The van der Waals surface area contributed by atoms with E-state index in [4.69, 9.17) is 0 Å². The van der Waals surface area contributed by atoms with Crippen molar-refractivity contribution >= 4 is 17.6 Å². The van der Waals surface area contributed by atoms with E-state index in [9.17, 15) is 9.59 Å². The van der Waals surface area contributed by atoms with Crippen molar-refractivity contribution < 1.29 is 9.59 Å². The average molecular weight is 370 g/mol. The van der Waals surface area contributed by atoms with E-state index in [0.717, 1.165) is 44.3 Å². The number of rotatable bonds is 4. The molecule has 1 N–H and O–H groups in total. The molecule has 2 saturated heterocycles. The lowest BCUT2D eigenvalue weighted by atomic mass is 9.86. The number of likely N-dealkylation sites (tertiary alicyclic amines) is 1. The fourth-order valence-corrected chi connectivity index (χ4v) is 4.55. The molecule has 0 unspecified atom stereocenters. The average Bonchev–Trinajstić information content (AvgIpc) is 3.43. The molecule has 4 rings (SSSR count). The molecule has 0 bridgehead atoms. The topological polar surface area (TPSA) is 55.9 Å². The third-order valence-electron chi connectivity index (χ3n) is 6.08. The first-order chi connectivity index (χ1) is 13.1. The molecule has 27 heavy (non-hydrogen) atoms. The Balaban J connectivity index is 1.50. The van der Waals surface area contributed by atoms with Crippen LogP contribution < -0.4 is 5.32 Å². The van der Waals surface area contributed by atoms with Crippen LogP contribution in [0.15, 0.2) is 30.3 Å². The summed E-state index contributed by atoms with van der Waals surface area (Å²) in [5.74, 6) is 1.04. The first-order valence-corrected chi connectivity index (χ1v) is 10.2. The van der Waals surface area contributed by atoms with Crippen molar-refractivity contribution in [2.24, 2.45) is 11.3 Å². The van der Waals surface area contributed by atoms with E-state index < -0.39 is 0 Å². The summed E-state index contributed by atoms with van der Waals surface area (Å²) in [6.07, 6.45) is 3.20. The van der Waals surface area contributed by atoms with Crippen molar-refractivity contribution in [3.8, 4) is 0 Å². The van der Waals surface area contributed by atoms with Crippen LogP contribution in [-0.4, -0.2) is 72.5 Å².